The summed E-state index contributed by atoms with van der Waals surface area (Å²) < 4.78 is 29.7. The van der Waals surface area contributed by atoms with Gasteiger partial charge in [0.25, 0.3) is 10.1 Å². The van der Waals surface area contributed by atoms with Gasteiger partial charge in [0.1, 0.15) is 5.78 Å². The number of hydrogen-bond donors (Lipinski definition) is 2. The van der Waals surface area contributed by atoms with Crippen molar-refractivity contribution in [3.63, 3.8) is 0 Å². The second kappa shape index (κ2) is 22.2. The number of Topliss-reactive ketones (excluding diaryl/α,β-unsaturated/α-hetero) is 1. The number of carbonyl (C=O) groups is 1. The Morgan fingerprint density at radius 3 is 1.54 bits per heavy atom. The van der Waals surface area contributed by atoms with E-state index in [4.69, 9.17) is 4.55 Å². The number of hydrogen-bond acceptors (Lipinski definition) is 4. The summed E-state index contributed by atoms with van der Waals surface area (Å²) in [4.78, 5) is 11.6. The van der Waals surface area contributed by atoms with Gasteiger partial charge in [-0.15, -0.1) is 0 Å². The molecule has 0 aromatic heterocycles. The van der Waals surface area contributed by atoms with Crippen molar-refractivity contribution in [2.45, 2.75) is 110 Å². The van der Waals surface area contributed by atoms with Gasteiger partial charge in [-0.3, -0.25) is 9.35 Å². The van der Waals surface area contributed by atoms with E-state index >= 15 is 0 Å². The Morgan fingerprint density at radius 2 is 1.14 bits per heavy atom. The van der Waals surface area contributed by atoms with Crippen LogP contribution in [0.15, 0.2) is 0 Å². The zero-order valence-corrected chi connectivity index (χ0v) is 18.3. The number of nitrogens with one attached hydrogen (secondary N) is 1. The van der Waals surface area contributed by atoms with Crippen LogP contribution in [-0.2, 0) is 14.9 Å². The molecular weight excluding hydrogens is 385 g/mol. The molecule has 28 heavy (non-hydrogen) atoms. The van der Waals surface area contributed by atoms with E-state index in [1.54, 1.807) is 0 Å². The number of ketones is 1. The topological polar surface area (TPSA) is 83.5 Å². The van der Waals surface area contributed by atoms with Gasteiger partial charge < -0.3 is 5.32 Å². The van der Waals surface area contributed by atoms with Crippen LogP contribution in [0.25, 0.3) is 0 Å². The van der Waals surface area contributed by atoms with Crippen LogP contribution < -0.4 is 5.32 Å². The molecule has 0 saturated carbocycles. The first-order chi connectivity index (χ1) is 13.0. The number of carbonyl (C=O) groups excluding carboxylic acids is 1. The first-order valence-corrected chi connectivity index (χ1v) is 12.7. The summed E-state index contributed by atoms with van der Waals surface area (Å²) in [7, 11) is -3.94. The zero-order valence-electron chi connectivity index (χ0n) is 17.5. The van der Waals surface area contributed by atoms with E-state index in [9.17, 15) is 13.2 Å². The summed E-state index contributed by atoms with van der Waals surface area (Å²) in [5.41, 5.74) is 0. The van der Waals surface area contributed by atoms with Crippen LogP contribution in [0.2, 0.25) is 0 Å². The third-order valence-corrected chi connectivity index (χ3v) is 5.64. The summed E-state index contributed by atoms with van der Waals surface area (Å²) in [6.45, 7) is 2.56. The molecule has 0 aliphatic carbocycles. The van der Waals surface area contributed by atoms with Gasteiger partial charge in [0, 0.05) is 13.0 Å². The molecule has 5 nitrogen and oxygen atoms in total. The third kappa shape index (κ3) is 26.5. The standard InChI is InChI=1S/C21H43NO4S.Na.H/c1-2-3-4-5-6-7-8-9-10-11-12-13-14-15-16-17-21(23)20-22-18-19-27(24,25)26;;/h22H,2-20H2,1H3,(H,24,25,26);;. The number of rotatable bonds is 21. The Bertz CT molecular complexity index is 444. The van der Waals surface area contributed by atoms with Crippen molar-refractivity contribution < 1.29 is 17.8 Å². The van der Waals surface area contributed by atoms with Gasteiger partial charge in [-0.05, 0) is 6.42 Å². The molecule has 0 spiro atoms. The Balaban J connectivity index is 0. The first-order valence-electron chi connectivity index (χ1n) is 11.1. The Hall–Kier alpha value is 0.540. The van der Waals surface area contributed by atoms with Crippen molar-refractivity contribution in [2.75, 3.05) is 18.8 Å². The van der Waals surface area contributed by atoms with Gasteiger partial charge in [-0.2, -0.15) is 8.42 Å². The molecule has 0 rings (SSSR count). The van der Waals surface area contributed by atoms with Crippen LogP contribution in [0, 0.1) is 0 Å². The Morgan fingerprint density at radius 1 is 0.750 bits per heavy atom. The fourth-order valence-corrected chi connectivity index (χ4v) is 3.61. The number of unbranched alkanes of at least 4 members (excludes halogenated alkanes) is 14. The fraction of sp³-hybridized carbons (Fsp3) is 0.952. The van der Waals surface area contributed by atoms with Crippen LogP contribution in [0.3, 0.4) is 0 Å². The van der Waals surface area contributed by atoms with Crippen molar-refractivity contribution in [3.8, 4) is 0 Å². The maximum atomic E-state index is 11.6. The molecule has 0 aromatic carbocycles. The second-order valence-electron chi connectivity index (χ2n) is 7.70. The van der Waals surface area contributed by atoms with Crippen LogP contribution in [0.1, 0.15) is 110 Å². The summed E-state index contributed by atoms with van der Waals surface area (Å²) in [5, 5.41) is 2.76. The van der Waals surface area contributed by atoms with Gasteiger partial charge in [0.05, 0.1) is 12.3 Å². The summed E-state index contributed by atoms with van der Waals surface area (Å²) in [6, 6.07) is 0. The molecule has 0 fully saturated rings. The van der Waals surface area contributed by atoms with Crippen molar-refractivity contribution in [3.05, 3.63) is 0 Å². The van der Waals surface area contributed by atoms with E-state index in [1.807, 2.05) is 0 Å². The first kappa shape index (κ1) is 30.7. The molecule has 0 bridgehead atoms. The maximum absolute atomic E-state index is 11.6. The van der Waals surface area contributed by atoms with E-state index in [2.05, 4.69) is 12.2 Å². The Labute approximate surface area is 196 Å². The van der Waals surface area contributed by atoms with Gasteiger partial charge in [0.15, 0.2) is 0 Å². The van der Waals surface area contributed by atoms with Gasteiger partial charge in [-0.1, -0.05) is 96.8 Å². The molecule has 0 unspecified atom stereocenters. The van der Waals surface area contributed by atoms with E-state index in [1.165, 1.54) is 83.5 Å². The SMILES string of the molecule is CCCCCCCCCCCCCCCCCC(=O)CNCCS(=O)(=O)O.[NaH]. The zero-order chi connectivity index (χ0) is 20.2. The van der Waals surface area contributed by atoms with E-state index in [0.29, 0.717) is 6.42 Å². The monoisotopic (exact) mass is 429 g/mol. The predicted molar refractivity (Wildman–Crippen MR) is 121 cm³/mol. The molecule has 0 amide bonds. The molecule has 0 radical (unpaired) electrons. The molecular formula is C21H44NNaO4S. The average molecular weight is 430 g/mol. The van der Waals surface area contributed by atoms with E-state index < -0.39 is 10.1 Å². The summed E-state index contributed by atoms with van der Waals surface area (Å²) in [5.74, 6) is -0.237. The summed E-state index contributed by atoms with van der Waals surface area (Å²) in [6.07, 6.45) is 20.2. The molecule has 164 valence electrons. The fourth-order valence-electron chi connectivity index (χ4n) is 3.21. The molecule has 0 aromatic rings. The minimum absolute atomic E-state index is 0. The van der Waals surface area contributed by atoms with Crippen molar-refractivity contribution in [2.24, 2.45) is 0 Å². The van der Waals surface area contributed by atoms with Crippen molar-refractivity contribution in [1.29, 1.82) is 0 Å². The summed E-state index contributed by atoms with van der Waals surface area (Å²) >= 11 is 0. The van der Waals surface area contributed by atoms with Gasteiger partial charge >= 0.3 is 29.6 Å². The predicted octanol–water partition coefficient (Wildman–Crippen LogP) is 4.65. The molecule has 0 aliphatic rings. The van der Waals surface area contributed by atoms with Gasteiger partial charge in [0.2, 0.25) is 0 Å². The van der Waals surface area contributed by atoms with Crippen molar-refractivity contribution in [1.82, 2.24) is 5.32 Å². The van der Waals surface area contributed by atoms with Gasteiger partial charge in [-0.25, -0.2) is 0 Å². The molecule has 2 N–H and O–H groups in total. The molecule has 0 heterocycles. The van der Waals surface area contributed by atoms with Crippen LogP contribution in [0.4, 0.5) is 0 Å². The van der Waals surface area contributed by atoms with E-state index in [-0.39, 0.29) is 54.2 Å². The van der Waals surface area contributed by atoms with E-state index in [0.717, 1.165) is 12.8 Å². The molecule has 0 aliphatic heterocycles. The van der Waals surface area contributed by atoms with Crippen LogP contribution >= 0.6 is 0 Å². The average Bonchev–Trinajstić information content (AvgIpc) is 2.61. The Kier molecular flexibility index (Phi) is 24.4. The minimum atomic E-state index is -3.94. The molecule has 0 saturated heterocycles. The second-order valence-corrected chi connectivity index (χ2v) is 9.27. The molecule has 0 atom stereocenters. The normalized spacial score (nSPS) is 11.4. The third-order valence-electron chi connectivity index (χ3n) is 4.92. The quantitative estimate of drug-likeness (QED) is 0.158. The molecule has 7 heteroatoms. The van der Waals surface area contributed by atoms with Crippen LogP contribution in [0.5, 0.6) is 0 Å². The van der Waals surface area contributed by atoms with Crippen LogP contribution in [-0.4, -0.2) is 67.2 Å². The van der Waals surface area contributed by atoms with Crippen molar-refractivity contribution >= 4 is 45.5 Å².